The normalized spacial score (nSPS) is 16.7. The van der Waals surface area contributed by atoms with Crippen LogP contribution in [0.15, 0.2) is 10.1 Å². The summed E-state index contributed by atoms with van der Waals surface area (Å²) in [6.45, 7) is -0.698. The zero-order chi connectivity index (χ0) is 15.7. The molecule has 0 aliphatic carbocycles. The topological polar surface area (TPSA) is 170 Å². The lowest BCUT2D eigenvalue weighted by molar-refractivity contribution is -0.0733. The van der Waals surface area contributed by atoms with E-state index in [9.17, 15) is 15.3 Å². The van der Waals surface area contributed by atoms with E-state index in [-0.39, 0.29) is 22.4 Å². The molecule has 0 radical (unpaired) electrons. The number of aliphatic imine (C=N–C) groups is 1. The van der Waals surface area contributed by atoms with Crippen molar-refractivity contribution in [3.8, 4) is 0 Å². The Labute approximate surface area is 126 Å². The van der Waals surface area contributed by atoms with Gasteiger partial charge in [-0.3, -0.25) is 5.43 Å². The molecular weight excluding hydrogens is 306 g/mol. The maximum atomic E-state index is 9.70. The monoisotopic (exact) mass is 323 g/mol. The summed E-state index contributed by atoms with van der Waals surface area (Å²) in [4.78, 5) is 3.61. The van der Waals surface area contributed by atoms with Gasteiger partial charge in [0.1, 0.15) is 12.2 Å². The minimum Gasteiger partial charge on any atom is -0.394 e. The maximum absolute atomic E-state index is 9.70. The molecule has 9 nitrogen and oxygen atoms in total. The Morgan fingerprint density at radius 3 is 2.25 bits per heavy atom. The number of aliphatic hydroxyl groups excluding tert-OH is 4. The quantitative estimate of drug-likeness (QED) is 0.146. The summed E-state index contributed by atoms with van der Waals surface area (Å²) in [5.41, 5.74) is 12.8. The van der Waals surface area contributed by atoms with Crippen molar-refractivity contribution in [1.82, 2.24) is 5.43 Å². The number of nitrogens with one attached hydrogen (secondary N) is 1. The van der Waals surface area contributed by atoms with E-state index < -0.39 is 24.9 Å². The molecule has 0 saturated carbocycles. The molecule has 114 valence electrons. The van der Waals surface area contributed by atoms with Crippen molar-refractivity contribution in [2.24, 2.45) is 21.6 Å². The maximum Gasteiger partial charge on any atom is 0.190 e. The van der Waals surface area contributed by atoms with E-state index in [1.807, 2.05) is 0 Å². The third-order valence-electron chi connectivity index (χ3n) is 2.04. The van der Waals surface area contributed by atoms with E-state index in [4.69, 9.17) is 16.6 Å². The fourth-order valence-corrected chi connectivity index (χ4v) is 1.19. The Bertz CT molecular complexity index is 404. The molecule has 0 spiro atoms. The van der Waals surface area contributed by atoms with Gasteiger partial charge in [-0.2, -0.15) is 5.10 Å². The number of nitrogens with two attached hydrogens (primary N) is 2. The Kier molecular flexibility index (Phi) is 9.03. The largest absolute Gasteiger partial charge is 0.394 e. The van der Waals surface area contributed by atoms with Crippen LogP contribution >= 0.6 is 24.4 Å². The summed E-state index contributed by atoms with van der Waals surface area (Å²) in [6.07, 6.45) is -3.51. The predicted molar refractivity (Wildman–Crippen MR) is 82.4 cm³/mol. The third kappa shape index (κ3) is 8.04. The molecule has 0 aromatic heterocycles. The van der Waals surface area contributed by atoms with Crippen molar-refractivity contribution in [2.75, 3.05) is 6.61 Å². The molecule has 0 aromatic rings. The van der Waals surface area contributed by atoms with Crippen molar-refractivity contribution in [2.45, 2.75) is 24.7 Å². The van der Waals surface area contributed by atoms with Crippen molar-refractivity contribution in [3.63, 3.8) is 0 Å². The van der Waals surface area contributed by atoms with E-state index in [0.717, 1.165) is 6.21 Å². The number of nitrogens with zero attached hydrogens (tertiary/aromatic N) is 2. The molecule has 20 heavy (non-hydrogen) atoms. The Hall–Kier alpha value is -1.24. The molecule has 0 amide bonds. The van der Waals surface area contributed by atoms with Gasteiger partial charge in [-0.1, -0.05) is 0 Å². The molecular formula is C9H17N5O4S2. The average Bonchev–Trinajstić information content (AvgIpc) is 2.39. The highest BCUT2D eigenvalue weighted by molar-refractivity contribution is 7.80. The van der Waals surface area contributed by atoms with E-state index in [0.29, 0.717) is 0 Å². The second kappa shape index (κ2) is 9.63. The first-order valence-electron chi connectivity index (χ1n) is 5.38. The zero-order valence-electron chi connectivity index (χ0n) is 10.4. The molecule has 0 aliphatic heterocycles. The molecule has 11 heteroatoms. The van der Waals surface area contributed by atoms with Crippen molar-refractivity contribution in [1.29, 1.82) is 0 Å². The number of aliphatic hydroxyl groups is 4. The Morgan fingerprint density at radius 1 is 1.20 bits per heavy atom. The first-order valence-corrected chi connectivity index (χ1v) is 6.20. The standard InChI is InChI=1S/C9H17N5O4S2/c10-8(19)12-2-4(13-14-9(11)20)1-5(16)7(18)6(17)3-15/h2,5-7,15-18H,1,3H2,(H2,10,19)(H3,11,14,20). The van der Waals surface area contributed by atoms with Gasteiger partial charge < -0.3 is 31.9 Å². The van der Waals surface area contributed by atoms with Crippen molar-refractivity contribution >= 4 is 46.6 Å². The van der Waals surface area contributed by atoms with Crippen LogP contribution in [0.25, 0.3) is 0 Å². The molecule has 3 unspecified atom stereocenters. The number of thiocarbonyl (C=S) groups is 2. The van der Waals surface area contributed by atoms with E-state index in [2.05, 4.69) is 40.0 Å². The summed E-state index contributed by atoms with van der Waals surface area (Å²) in [5.74, 6) is 0. The lowest BCUT2D eigenvalue weighted by Gasteiger charge is -2.21. The highest BCUT2D eigenvalue weighted by atomic mass is 32.1. The summed E-state index contributed by atoms with van der Waals surface area (Å²) < 4.78 is 0. The zero-order valence-corrected chi connectivity index (χ0v) is 12.0. The van der Waals surface area contributed by atoms with Crippen LogP contribution in [0, 0.1) is 0 Å². The smallest absolute Gasteiger partial charge is 0.190 e. The van der Waals surface area contributed by atoms with Crippen molar-refractivity contribution < 1.29 is 20.4 Å². The summed E-state index contributed by atoms with van der Waals surface area (Å²) >= 11 is 9.10. The number of rotatable bonds is 7. The van der Waals surface area contributed by atoms with Crippen LogP contribution in [0.5, 0.6) is 0 Å². The second-order valence-electron chi connectivity index (χ2n) is 3.69. The van der Waals surface area contributed by atoms with Gasteiger partial charge >= 0.3 is 0 Å². The van der Waals surface area contributed by atoms with E-state index >= 15 is 0 Å². The second-order valence-corrected chi connectivity index (χ2v) is 4.55. The minimum absolute atomic E-state index is 0.114. The van der Waals surface area contributed by atoms with Crippen LogP contribution in [0.3, 0.4) is 0 Å². The first kappa shape index (κ1) is 18.8. The average molecular weight is 323 g/mol. The lowest BCUT2D eigenvalue weighted by atomic mass is 10.0. The summed E-state index contributed by atoms with van der Waals surface area (Å²) in [6, 6.07) is 0. The first-order chi connectivity index (χ1) is 9.27. The predicted octanol–water partition coefficient (Wildman–Crippen LogP) is -3.04. The fraction of sp³-hybridized carbons (Fsp3) is 0.556. The molecule has 3 atom stereocenters. The summed E-state index contributed by atoms with van der Waals surface area (Å²) in [5, 5.41) is 40.6. The van der Waals surface area contributed by atoms with Crippen molar-refractivity contribution in [3.05, 3.63) is 0 Å². The molecule has 0 heterocycles. The van der Waals surface area contributed by atoms with Gasteiger partial charge in [0.25, 0.3) is 0 Å². The Morgan fingerprint density at radius 2 is 1.80 bits per heavy atom. The molecule has 9 N–H and O–H groups in total. The van der Waals surface area contributed by atoms with Crippen LogP contribution in [-0.4, -0.2) is 67.5 Å². The number of hydrogen-bond donors (Lipinski definition) is 7. The van der Waals surface area contributed by atoms with Gasteiger partial charge in [0, 0.05) is 6.42 Å². The van der Waals surface area contributed by atoms with Crippen LogP contribution in [0.1, 0.15) is 6.42 Å². The van der Waals surface area contributed by atoms with Crippen LogP contribution in [-0.2, 0) is 0 Å². The fourth-order valence-electron chi connectivity index (χ4n) is 1.09. The molecule has 0 rings (SSSR count). The highest BCUT2D eigenvalue weighted by Crippen LogP contribution is 2.05. The van der Waals surface area contributed by atoms with Crippen LogP contribution in [0.2, 0.25) is 0 Å². The van der Waals surface area contributed by atoms with Gasteiger partial charge in [-0.05, 0) is 24.4 Å². The molecule has 0 aromatic carbocycles. The van der Waals surface area contributed by atoms with Gasteiger partial charge in [0.15, 0.2) is 10.2 Å². The van der Waals surface area contributed by atoms with Crippen LogP contribution in [0.4, 0.5) is 0 Å². The van der Waals surface area contributed by atoms with Gasteiger partial charge in [-0.25, -0.2) is 4.99 Å². The lowest BCUT2D eigenvalue weighted by Crippen LogP contribution is -2.41. The van der Waals surface area contributed by atoms with E-state index in [1.165, 1.54) is 0 Å². The van der Waals surface area contributed by atoms with E-state index in [1.54, 1.807) is 0 Å². The Balaban J connectivity index is 4.83. The van der Waals surface area contributed by atoms with Crippen LogP contribution < -0.4 is 16.9 Å². The van der Waals surface area contributed by atoms with Gasteiger partial charge in [0.05, 0.1) is 24.6 Å². The molecule has 0 bridgehead atoms. The summed E-state index contributed by atoms with van der Waals surface area (Å²) in [7, 11) is 0. The third-order valence-corrected chi connectivity index (χ3v) is 2.24. The minimum atomic E-state index is -1.56. The van der Waals surface area contributed by atoms with Gasteiger partial charge in [0.2, 0.25) is 0 Å². The number of hydrazone groups is 1. The molecule has 0 saturated heterocycles. The molecule has 0 aliphatic rings. The SMILES string of the molecule is NC(=S)N=CC(CC(O)C(O)C(O)CO)=NNC(N)=S. The highest BCUT2D eigenvalue weighted by Gasteiger charge is 2.25. The van der Waals surface area contributed by atoms with Gasteiger partial charge in [-0.15, -0.1) is 0 Å². The number of hydrogen-bond acceptors (Lipinski definition) is 7. The molecule has 0 fully saturated rings.